The van der Waals surface area contributed by atoms with Crippen molar-refractivity contribution in [3.63, 3.8) is 0 Å². The molecule has 3 nitrogen and oxygen atoms in total. The minimum atomic E-state index is 0.698. The third-order valence-electron chi connectivity index (χ3n) is 2.80. The molecule has 0 saturated heterocycles. The molecule has 0 aliphatic heterocycles. The first-order valence-corrected chi connectivity index (χ1v) is 8.24. The maximum atomic E-state index is 5.71. The maximum absolute atomic E-state index is 5.71. The Labute approximate surface area is 124 Å². The lowest BCUT2D eigenvalue weighted by Crippen LogP contribution is -1.99. The first kappa shape index (κ1) is 14.9. The summed E-state index contributed by atoms with van der Waals surface area (Å²) < 4.78 is 11.3. The van der Waals surface area contributed by atoms with Crippen LogP contribution in [0.5, 0.6) is 5.75 Å². The third-order valence-corrected chi connectivity index (χ3v) is 3.37. The summed E-state index contributed by atoms with van der Waals surface area (Å²) in [6.45, 7) is 3.56. The second-order valence-electron chi connectivity index (χ2n) is 4.53. The Bertz CT molecular complexity index is 507. The average Bonchev–Trinajstić information content (AvgIpc) is 2.92. The van der Waals surface area contributed by atoms with Crippen molar-refractivity contribution in [1.82, 2.24) is 0 Å². The van der Waals surface area contributed by atoms with E-state index >= 15 is 0 Å². The van der Waals surface area contributed by atoms with Gasteiger partial charge in [-0.05, 0) is 49.1 Å². The summed E-state index contributed by atoms with van der Waals surface area (Å²) in [5.41, 5.74) is 1.07. The molecular formula is C16H21NO2S. The number of benzene rings is 1. The largest absolute Gasteiger partial charge is 0.494 e. The van der Waals surface area contributed by atoms with Gasteiger partial charge in [0.1, 0.15) is 17.3 Å². The van der Waals surface area contributed by atoms with Crippen LogP contribution in [-0.2, 0) is 12.3 Å². The summed E-state index contributed by atoms with van der Waals surface area (Å²) in [5.74, 6) is 3.82. The fraction of sp³-hybridized carbons (Fsp3) is 0.375. The molecule has 20 heavy (non-hydrogen) atoms. The molecule has 1 heterocycles. The molecule has 1 aromatic carbocycles. The standard InChI is InChI=1S/C16H21NO2S/c1-3-10-18-14-6-4-13(5-7-14)17-11-15-8-9-16(19-15)12-20-2/h4-9,17H,3,10-12H2,1-2H3. The molecule has 0 unspecified atom stereocenters. The number of thioether (sulfide) groups is 1. The lowest BCUT2D eigenvalue weighted by molar-refractivity contribution is 0.317. The van der Waals surface area contributed by atoms with Gasteiger partial charge in [0.25, 0.3) is 0 Å². The lowest BCUT2D eigenvalue weighted by Gasteiger charge is -2.07. The van der Waals surface area contributed by atoms with Crippen LogP contribution in [0.1, 0.15) is 24.9 Å². The highest BCUT2D eigenvalue weighted by atomic mass is 32.2. The van der Waals surface area contributed by atoms with Crippen molar-refractivity contribution in [2.24, 2.45) is 0 Å². The topological polar surface area (TPSA) is 34.4 Å². The molecule has 0 radical (unpaired) electrons. The van der Waals surface area contributed by atoms with Crippen LogP contribution in [-0.4, -0.2) is 12.9 Å². The average molecular weight is 291 g/mol. The van der Waals surface area contributed by atoms with Crippen LogP contribution in [0.15, 0.2) is 40.8 Å². The Morgan fingerprint density at radius 3 is 2.55 bits per heavy atom. The third kappa shape index (κ3) is 4.53. The predicted molar refractivity (Wildman–Crippen MR) is 85.5 cm³/mol. The van der Waals surface area contributed by atoms with E-state index in [1.54, 1.807) is 11.8 Å². The zero-order chi connectivity index (χ0) is 14.2. The maximum Gasteiger partial charge on any atom is 0.123 e. The molecule has 108 valence electrons. The number of anilines is 1. The van der Waals surface area contributed by atoms with Crippen molar-refractivity contribution < 1.29 is 9.15 Å². The molecule has 2 aromatic rings. The Morgan fingerprint density at radius 2 is 1.85 bits per heavy atom. The van der Waals surface area contributed by atoms with Crippen molar-refractivity contribution in [1.29, 1.82) is 0 Å². The van der Waals surface area contributed by atoms with Gasteiger partial charge in [0.15, 0.2) is 0 Å². The Hall–Kier alpha value is -1.55. The van der Waals surface area contributed by atoms with Crippen LogP contribution < -0.4 is 10.1 Å². The zero-order valence-corrected chi connectivity index (χ0v) is 12.8. The van der Waals surface area contributed by atoms with Crippen molar-refractivity contribution >= 4 is 17.4 Å². The first-order valence-electron chi connectivity index (χ1n) is 6.85. The summed E-state index contributed by atoms with van der Waals surface area (Å²) in [6.07, 6.45) is 3.10. The van der Waals surface area contributed by atoms with Gasteiger partial charge in [0, 0.05) is 5.69 Å². The quantitative estimate of drug-likeness (QED) is 0.774. The second-order valence-corrected chi connectivity index (χ2v) is 5.39. The van der Waals surface area contributed by atoms with Crippen LogP contribution in [0.25, 0.3) is 0 Å². The molecule has 1 aromatic heterocycles. The molecule has 2 rings (SSSR count). The van der Waals surface area contributed by atoms with Crippen LogP contribution in [0.3, 0.4) is 0 Å². The highest BCUT2D eigenvalue weighted by Gasteiger charge is 2.01. The summed E-state index contributed by atoms with van der Waals surface area (Å²) in [5, 5.41) is 3.34. The van der Waals surface area contributed by atoms with Crippen LogP contribution >= 0.6 is 11.8 Å². The molecular weight excluding hydrogens is 270 g/mol. The Kier molecular flexibility index (Phi) is 5.87. The molecule has 0 fully saturated rings. The molecule has 0 aliphatic carbocycles. The van der Waals surface area contributed by atoms with Crippen molar-refractivity contribution in [3.05, 3.63) is 47.9 Å². The Morgan fingerprint density at radius 1 is 1.10 bits per heavy atom. The first-order chi connectivity index (χ1) is 9.81. The van der Waals surface area contributed by atoms with E-state index in [1.165, 1.54) is 0 Å². The van der Waals surface area contributed by atoms with Crippen LogP contribution in [0.4, 0.5) is 5.69 Å². The van der Waals surface area contributed by atoms with Gasteiger partial charge >= 0.3 is 0 Å². The molecule has 0 spiro atoms. The van der Waals surface area contributed by atoms with E-state index in [-0.39, 0.29) is 0 Å². The van der Waals surface area contributed by atoms with Crippen molar-refractivity contribution in [2.45, 2.75) is 25.6 Å². The van der Waals surface area contributed by atoms with Gasteiger partial charge in [-0.25, -0.2) is 0 Å². The van der Waals surface area contributed by atoms with Crippen LogP contribution in [0, 0.1) is 0 Å². The van der Waals surface area contributed by atoms with E-state index in [9.17, 15) is 0 Å². The lowest BCUT2D eigenvalue weighted by atomic mass is 10.3. The van der Waals surface area contributed by atoms with E-state index < -0.39 is 0 Å². The molecule has 1 N–H and O–H groups in total. The van der Waals surface area contributed by atoms with Crippen LogP contribution in [0.2, 0.25) is 0 Å². The SMILES string of the molecule is CCCOc1ccc(NCc2ccc(CSC)o2)cc1. The number of rotatable bonds is 8. The number of hydrogen-bond acceptors (Lipinski definition) is 4. The summed E-state index contributed by atoms with van der Waals surface area (Å²) in [7, 11) is 0. The van der Waals surface area contributed by atoms with E-state index in [4.69, 9.17) is 9.15 Å². The fourth-order valence-electron chi connectivity index (χ4n) is 1.82. The molecule has 0 amide bonds. The van der Waals surface area contributed by atoms with Gasteiger partial charge in [-0.2, -0.15) is 11.8 Å². The molecule has 0 aliphatic rings. The van der Waals surface area contributed by atoms with E-state index in [0.29, 0.717) is 6.54 Å². The molecule has 0 atom stereocenters. The summed E-state index contributed by atoms with van der Waals surface area (Å²) >= 11 is 1.76. The van der Waals surface area contributed by atoms with Crippen molar-refractivity contribution in [2.75, 3.05) is 18.2 Å². The molecule has 0 bridgehead atoms. The number of hydrogen-bond donors (Lipinski definition) is 1. The minimum absolute atomic E-state index is 0.698. The monoisotopic (exact) mass is 291 g/mol. The van der Waals surface area contributed by atoms with Gasteiger partial charge in [-0.15, -0.1) is 0 Å². The normalized spacial score (nSPS) is 10.5. The van der Waals surface area contributed by atoms with E-state index in [2.05, 4.69) is 18.5 Å². The number of nitrogens with one attached hydrogen (secondary N) is 1. The van der Waals surface area contributed by atoms with Crippen molar-refractivity contribution in [3.8, 4) is 5.75 Å². The highest BCUT2D eigenvalue weighted by molar-refractivity contribution is 7.97. The number of furan rings is 1. The predicted octanol–water partition coefficient (Wildman–Crippen LogP) is 4.54. The van der Waals surface area contributed by atoms with Gasteiger partial charge in [0.2, 0.25) is 0 Å². The Balaban J connectivity index is 1.83. The van der Waals surface area contributed by atoms with Gasteiger partial charge in [-0.3, -0.25) is 0 Å². The smallest absolute Gasteiger partial charge is 0.123 e. The van der Waals surface area contributed by atoms with Gasteiger partial charge in [-0.1, -0.05) is 6.92 Å². The molecule has 0 saturated carbocycles. The summed E-state index contributed by atoms with van der Waals surface area (Å²) in [4.78, 5) is 0. The second kappa shape index (κ2) is 7.90. The fourth-order valence-corrected chi connectivity index (χ4v) is 2.25. The van der Waals surface area contributed by atoms with Gasteiger partial charge in [0.05, 0.1) is 18.9 Å². The summed E-state index contributed by atoms with van der Waals surface area (Å²) in [6, 6.07) is 12.1. The van der Waals surface area contributed by atoms with E-state index in [0.717, 1.165) is 41.7 Å². The highest BCUT2D eigenvalue weighted by Crippen LogP contribution is 2.18. The van der Waals surface area contributed by atoms with Gasteiger partial charge < -0.3 is 14.5 Å². The van der Waals surface area contributed by atoms with E-state index in [1.807, 2.05) is 36.4 Å². The molecule has 4 heteroatoms. The minimum Gasteiger partial charge on any atom is -0.494 e. The number of ether oxygens (including phenoxy) is 1. The zero-order valence-electron chi connectivity index (χ0n) is 12.0.